The summed E-state index contributed by atoms with van der Waals surface area (Å²) in [6.45, 7) is 6.12. The van der Waals surface area contributed by atoms with E-state index in [2.05, 4.69) is 15.1 Å². The Hall–Kier alpha value is -3.07. The van der Waals surface area contributed by atoms with Crippen molar-refractivity contribution in [2.45, 2.75) is 44.6 Å². The van der Waals surface area contributed by atoms with Crippen molar-refractivity contribution in [3.8, 4) is 11.3 Å². The summed E-state index contributed by atoms with van der Waals surface area (Å²) >= 11 is 0. The molecular formula is C22H26N4O4S. The molecule has 0 fully saturated rings. The molecule has 0 unspecified atom stereocenters. The predicted octanol–water partition coefficient (Wildman–Crippen LogP) is 3.17. The van der Waals surface area contributed by atoms with E-state index in [9.17, 15) is 13.2 Å². The van der Waals surface area contributed by atoms with E-state index in [0.717, 1.165) is 17.5 Å². The molecule has 1 aromatic carbocycles. The highest BCUT2D eigenvalue weighted by molar-refractivity contribution is 7.90. The van der Waals surface area contributed by atoms with Crippen molar-refractivity contribution in [1.29, 1.82) is 0 Å². The quantitative estimate of drug-likeness (QED) is 0.553. The molecule has 8 nitrogen and oxygen atoms in total. The highest BCUT2D eigenvalue weighted by Crippen LogP contribution is 2.25. The van der Waals surface area contributed by atoms with Crippen LogP contribution < -0.4 is 0 Å². The number of rotatable bonds is 7. The average molecular weight is 443 g/mol. The molecule has 0 saturated carbocycles. The molecule has 0 N–H and O–H groups in total. The second kappa shape index (κ2) is 8.97. The van der Waals surface area contributed by atoms with Gasteiger partial charge in [0.2, 0.25) is 5.91 Å². The van der Waals surface area contributed by atoms with Crippen LogP contribution in [0.25, 0.3) is 11.3 Å². The molecule has 0 aliphatic rings. The number of carbonyl (C=O) groups is 1. The standard InChI is InChI=1S/C22H26N4O4S/c1-14(2)22-23-12-18(20-10-15(3)25-30-20)19(24-22)13-26(4)21(27)11-16-6-8-17(9-7-16)31(5,28)29/h6-10,12,14H,11,13H2,1-5H3. The van der Waals surface area contributed by atoms with Crippen LogP contribution in [0.1, 0.15) is 42.5 Å². The molecule has 0 atom stereocenters. The van der Waals surface area contributed by atoms with Crippen LogP contribution in [-0.4, -0.2) is 47.7 Å². The van der Waals surface area contributed by atoms with Gasteiger partial charge in [-0.2, -0.15) is 0 Å². The van der Waals surface area contributed by atoms with Gasteiger partial charge in [0.1, 0.15) is 5.82 Å². The zero-order valence-electron chi connectivity index (χ0n) is 18.3. The maximum absolute atomic E-state index is 12.8. The monoisotopic (exact) mass is 442 g/mol. The van der Waals surface area contributed by atoms with Gasteiger partial charge in [0, 0.05) is 31.5 Å². The lowest BCUT2D eigenvalue weighted by Crippen LogP contribution is -2.28. The van der Waals surface area contributed by atoms with Gasteiger partial charge in [0.05, 0.1) is 34.8 Å². The molecule has 1 amide bonds. The number of sulfone groups is 1. The van der Waals surface area contributed by atoms with Crippen molar-refractivity contribution >= 4 is 15.7 Å². The Labute approximate surface area is 182 Å². The Morgan fingerprint density at radius 2 is 1.87 bits per heavy atom. The Morgan fingerprint density at radius 3 is 2.42 bits per heavy atom. The fourth-order valence-corrected chi connectivity index (χ4v) is 3.63. The molecule has 2 aromatic heterocycles. The third-order valence-electron chi connectivity index (χ3n) is 4.82. The molecule has 0 radical (unpaired) electrons. The van der Waals surface area contributed by atoms with Crippen molar-refractivity contribution < 1.29 is 17.7 Å². The van der Waals surface area contributed by atoms with Crippen molar-refractivity contribution in [3.63, 3.8) is 0 Å². The van der Waals surface area contributed by atoms with Crippen LogP contribution in [0.3, 0.4) is 0 Å². The molecule has 0 bridgehead atoms. The first-order chi connectivity index (χ1) is 14.5. The van der Waals surface area contributed by atoms with E-state index in [4.69, 9.17) is 4.52 Å². The van der Waals surface area contributed by atoms with Crippen molar-refractivity contribution in [2.75, 3.05) is 13.3 Å². The molecular weight excluding hydrogens is 416 g/mol. The second-order valence-electron chi connectivity index (χ2n) is 7.92. The number of aryl methyl sites for hydroxylation is 1. The second-order valence-corrected chi connectivity index (χ2v) is 9.93. The van der Waals surface area contributed by atoms with E-state index in [1.54, 1.807) is 30.3 Å². The van der Waals surface area contributed by atoms with E-state index in [0.29, 0.717) is 22.8 Å². The van der Waals surface area contributed by atoms with Crippen LogP contribution in [0.2, 0.25) is 0 Å². The van der Waals surface area contributed by atoms with E-state index >= 15 is 0 Å². The molecule has 164 valence electrons. The Balaban J connectivity index is 1.80. The van der Waals surface area contributed by atoms with Gasteiger partial charge >= 0.3 is 0 Å². The number of hydrogen-bond donors (Lipinski definition) is 0. The number of likely N-dealkylation sites (N-methyl/N-ethyl adjacent to an activating group) is 1. The fraction of sp³-hybridized carbons (Fsp3) is 0.364. The van der Waals surface area contributed by atoms with E-state index < -0.39 is 9.84 Å². The summed E-state index contributed by atoms with van der Waals surface area (Å²) in [6, 6.07) is 8.16. The SMILES string of the molecule is Cc1cc(-c2cnc(C(C)C)nc2CN(C)C(=O)Cc2ccc(S(C)(=O)=O)cc2)on1. The van der Waals surface area contributed by atoms with Gasteiger partial charge in [-0.25, -0.2) is 18.4 Å². The highest BCUT2D eigenvalue weighted by atomic mass is 32.2. The van der Waals surface area contributed by atoms with Crippen LogP contribution >= 0.6 is 0 Å². The van der Waals surface area contributed by atoms with Crippen molar-refractivity contribution in [2.24, 2.45) is 0 Å². The van der Waals surface area contributed by atoms with E-state index in [1.165, 1.54) is 12.1 Å². The lowest BCUT2D eigenvalue weighted by molar-refractivity contribution is -0.129. The fourth-order valence-electron chi connectivity index (χ4n) is 3.00. The summed E-state index contributed by atoms with van der Waals surface area (Å²) < 4.78 is 28.6. The highest BCUT2D eigenvalue weighted by Gasteiger charge is 2.19. The summed E-state index contributed by atoms with van der Waals surface area (Å²) in [7, 11) is -1.56. The number of hydrogen-bond acceptors (Lipinski definition) is 7. The van der Waals surface area contributed by atoms with Crippen LogP contribution in [0.5, 0.6) is 0 Å². The summed E-state index contributed by atoms with van der Waals surface area (Å²) in [5, 5.41) is 3.93. The van der Waals surface area contributed by atoms with Gasteiger partial charge < -0.3 is 9.42 Å². The van der Waals surface area contributed by atoms with Crippen molar-refractivity contribution in [1.82, 2.24) is 20.0 Å². The van der Waals surface area contributed by atoms with Crippen LogP contribution in [0, 0.1) is 6.92 Å². The minimum atomic E-state index is -3.27. The van der Waals surface area contributed by atoms with Gasteiger partial charge in [-0.3, -0.25) is 4.79 Å². The Kier molecular flexibility index (Phi) is 6.54. The normalized spacial score (nSPS) is 11.7. The van der Waals surface area contributed by atoms with Crippen LogP contribution in [0.4, 0.5) is 0 Å². The summed E-state index contributed by atoms with van der Waals surface area (Å²) in [4.78, 5) is 23.7. The molecule has 0 aliphatic heterocycles. The molecule has 3 rings (SSSR count). The first-order valence-electron chi connectivity index (χ1n) is 9.87. The van der Waals surface area contributed by atoms with Gasteiger partial charge in [-0.15, -0.1) is 0 Å². The Bertz CT molecular complexity index is 1180. The third kappa shape index (κ3) is 5.55. The molecule has 0 spiro atoms. The number of nitrogens with zero attached hydrogens (tertiary/aromatic N) is 4. The molecule has 31 heavy (non-hydrogen) atoms. The lowest BCUT2D eigenvalue weighted by Gasteiger charge is -2.19. The molecule has 3 aromatic rings. The van der Waals surface area contributed by atoms with Gasteiger partial charge in [-0.05, 0) is 24.6 Å². The number of carbonyl (C=O) groups excluding carboxylic acids is 1. The molecule has 2 heterocycles. The maximum atomic E-state index is 12.8. The zero-order chi connectivity index (χ0) is 22.8. The number of amides is 1. The summed E-state index contributed by atoms with van der Waals surface area (Å²) in [5.41, 5.74) is 2.86. The largest absolute Gasteiger partial charge is 0.356 e. The summed E-state index contributed by atoms with van der Waals surface area (Å²) in [5.74, 6) is 1.27. The first kappa shape index (κ1) is 22.6. The minimum absolute atomic E-state index is 0.114. The summed E-state index contributed by atoms with van der Waals surface area (Å²) in [6.07, 6.45) is 3.01. The average Bonchev–Trinajstić information content (AvgIpc) is 3.13. The molecule has 0 aliphatic carbocycles. The molecule has 0 saturated heterocycles. The lowest BCUT2D eigenvalue weighted by atomic mass is 10.1. The third-order valence-corrected chi connectivity index (χ3v) is 5.94. The van der Waals surface area contributed by atoms with Gasteiger partial charge in [-0.1, -0.05) is 31.1 Å². The van der Waals surface area contributed by atoms with Gasteiger partial charge in [0.25, 0.3) is 0 Å². The number of aromatic nitrogens is 3. The van der Waals surface area contributed by atoms with Crippen LogP contribution in [-0.2, 0) is 27.6 Å². The van der Waals surface area contributed by atoms with Crippen LogP contribution in [0.15, 0.2) is 45.9 Å². The van der Waals surface area contributed by atoms with Crippen molar-refractivity contribution in [3.05, 3.63) is 59.3 Å². The van der Waals surface area contributed by atoms with E-state index in [1.807, 2.05) is 26.8 Å². The van der Waals surface area contributed by atoms with E-state index in [-0.39, 0.29) is 29.7 Å². The van der Waals surface area contributed by atoms with Gasteiger partial charge in [0.15, 0.2) is 15.6 Å². The Morgan fingerprint density at radius 1 is 1.19 bits per heavy atom. The smallest absolute Gasteiger partial charge is 0.227 e. The maximum Gasteiger partial charge on any atom is 0.227 e. The first-order valence-corrected chi connectivity index (χ1v) is 11.8. The topological polar surface area (TPSA) is 106 Å². The zero-order valence-corrected chi connectivity index (χ0v) is 19.1. The number of benzene rings is 1. The minimum Gasteiger partial charge on any atom is -0.356 e. The molecule has 9 heteroatoms. The predicted molar refractivity (Wildman–Crippen MR) is 116 cm³/mol.